The van der Waals surface area contributed by atoms with Gasteiger partial charge in [0.2, 0.25) is 11.8 Å². The number of thiazole rings is 1. The largest absolute Gasteiger partial charge is 0.494 e. The number of aromatic nitrogens is 1. The van der Waals surface area contributed by atoms with Gasteiger partial charge in [-0.1, -0.05) is 41.9 Å². The number of rotatable bonds is 8. The fourth-order valence-electron chi connectivity index (χ4n) is 3.30. The van der Waals surface area contributed by atoms with Crippen molar-refractivity contribution in [1.82, 2.24) is 10.3 Å². The van der Waals surface area contributed by atoms with Crippen molar-refractivity contribution < 1.29 is 14.3 Å². The molecule has 0 saturated carbocycles. The van der Waals surface area contributed by atoms with Gasteiger partial charge < -0.3 is 15.4 Å². The highest BCUT2D eigenvalue weighted by molar-refractivity contribution is 7.18. The summed E-state index contributed by atoms with van der Waals surface area (Å²) >= 11 is 7.90. The van der Waals surface area contributed by atoms with Crippen LogP contribution in [-0.2, 0) is 16.0 Å². The van der Waals surface area contributed by atoms with Crippen LogP contribution in [0.2, 0.25) is 5.02 Å². The lowest BCUT2D eigenvalue weighted by atomic mass is 10.1. The lowest BCUT2D eigenvalue weighted by molar-refractivity contribution is -0.123. The Balaban J connectivity index is 1.34. The minimum atomic E-state index is -0.309. The highest BCUT2D eigenvalue weighted by Crippen LogP contribution is 2.34. The van der Waals surface area contributed by atoms with Crippen LogP contribution in [0.4, 0.5) is 5.69 Å². The molecule has 0 aliphatic rings. The molecule has 33 heavy (non-hydrogen) atoms. The fourth-order valence-corrected chi connectivity index (χ4v) is 4.55. The summed E-state index contributed by atoms with van der Waals surface area (Å²) in [6.07, 6.45) is 0.0912. The molecule has 0 radical (unpaired) electrons. The van der Waals surface area contributed by atoms with Crippen LogP contribution in [0, 0.1) is 0 Å². The third-order valence-corrected chi connectivity index (χ3v) is 6.14. The monoisotopic (exact) mass is 479 g/mol. The Morgan fingerprint density at radius 2 is 1.79 bits per heavy atom. The van der Waals surface area contributed by atoms with Gasteiger partial charge in [-0.3, -0.25) is 9.59 Å². The summed E-state index contributed by atoms with van der Waals surface area (Å²) in [5, 5.41) is 6.66. The molecule has 0 atom stereocenters. The first-order valence-electron chi connectivity index (χ1n) is 10.5. The van der Waals surface area contributed by atoms with Crippen molar-refractivity contribution in [3.8, 4) is 16.9 Å². The first-order chi connectivity index (χ1) is 16.0. The fraction of sp³-hybridized carbons (Fsp3) is 0.160. The quantitative estimate of drug-likeness (QED) is 0.359. The number of amides is 2. The third kappa shape index (κ3) is 5.88. The summed E-state index contributed by atoms with van der Waals surface area (Å²) in [4.78, 5) is 29.0. The Bertz CT molecular complexity index is 1270. The van der Waals surface area contributed by atoms with E-state index >= 15 is 0 Å². The number of carbonyl (C=O) groups excluding carboxylic acids is 2. The highest BCUT2D eigenvalue weighted by Gasteiger charge is 2.13. The van der Waals surface area contributed by atoms with E-state index in [4.69, 9.17) is 16.3 Å². The van der Waals surface area contributed by atoms with E-state index in [1.54, 1.807) is 24.3 Å². The number of anilines is 1. The van der Waals surface area contributed by atoms with Crippen LogP contribution in [-0.4, -0.2) is 29.9 Å². The Kier molecular flexibility index (Phi) is 7.22. The van der Waals surface area contributed by atoms with E-state index in [0.717, 1.165) is 27.1 Å². The molecule has 8 heteroatoms. The number of ether oxygens (including phenoxy) is 1. The average molecular weight is 480 g/mol. The molecular weight excluding hydrogens is 458 g/mol. The maximum atomic E-state index is 12.4. The Labute approximate surface area is 200 Å². The number of nitrogens with zero attached hydrogens (tertiary/aromatic N) is 1. The number of hydrogen-bond acceptors (Lipinski definition) is 5. The summed E-state index contributed by atoms with van der Waals surface area (Å²) in [5.41, 5.74) is 3.33. The van der Waals surface area contributed by atoms with Gasteiger partial charge in [-0.05, 0) is 48.9 Å². The van der Waals surface area contributed by atoms with Gasteiger partial charge in [-0.25, -0.2) is 4.98 Å². The van der Waals surface area contributed by atoms with Gasteiger partial charge in [0, 0.05) is 11.3 Å². The lowest BCUT2D eigenvalue weighted by Gasteiger charge is -2.08. The molecule has 0 bridgehead atoms. The molecule has 0 aliphatic carbocycles. The topological polar surface area (TPSA) is 80.3 Å². The molecule has 2 N–H and O–H groups in total. The van der Waals surface area contributed by atoms with E-state index in [9.17, 15) is 9.59 Å². The Morgan fingerprint density at radius 1 is 1.03 bits per heavy atom. The van der Waals surface area contributed by atoms with Crippen LogP contribution >= 0.6 is 22.9 Å². The first kappa shape index (κ1) is 22.8. The van der Waals surface area contributed by atoms with Crippen molar-refractivity contribution >= 4 is 50.7 Å². The maximum Gasteiger partial charge on any atom is 0.243 e. The summed E-state index contributed by atoms with van der Waals surface area (Å²) < 4.78 is 6.33. The third-order valence-electron chi connectivity index (χ3n) is 4.81. The van der Waals surface area contributed by atoms with Gasteiger partial charge in [0.1, 0.15) is 10.8 Å². The molecule has 1 heterocycles. The molecule has 2 amide bonds. The molecule has 6 nitrogen and oxygen atoms in total. The smallest absolute Gasteiger partial charge is 0.243 e. The lowest BCUT2D eigenvalue weighted by Crippen LogP contribution is -2.33. The van der Waals surface area contributed by atoms with Crippen molar-refractivity contribution in [1.29, 1.82) is 0 Å². The maximum absolute atomic E-state index is 12.4. The van der Waals surface area contributed by atoms with E-state index in [2.05, 4.69) is 15.6 Å². The summed E-state index contributed by atoms with van der Waals surface area (Å²) in [5.74, 6) is 0.151. The zero-order valence-electron chi connectivity index (χ0n) is 17.9. The zero-order chi connectivity index (χ0) is 23.2. The van der Waals surface area contributed by atoms with Crippen molar-refractivity contribution in [3.05, 3.63) is 76.8 Å². The predicted molar refractivity (Wildman–Crippen MR) is 133 cm³/mol. The number of hydrogen-bond donors (Lipinski definition) is 2. The number of nitrogens with one attached hydrogen (secondary N) is 2. The summed E-state index contributed by atoms with van der Waals surface area (Å²) in [6.45, 7) is 2.36. The van der Waals surface area contributed by atoms with Crippen molar-refractivity contribution in [2.45, 2.75) is 13.3 Å². The number of benzene rings is 3. The van der Waals surface area contributed by atoms with Crippen molar-refractivity contribution in [3.63, 3.8) is 0 Å². The van der Waals surface area contributed by atoms with Crippen molar-refractivity contribution in [2.75, 3.05) is 18.5 Å². The standard InChI is InChI=1S/C25H22ClN3O3S/c1-2-32-18-10-8-17(9-11-18)28-24(31)15-27-23(30)14-25-29-21-13-20(26)19(12-22(21)33-25)16-6-4-3-5-7-16/h3-13H,2,14-15H2,1H3,(H,27,30)(H,28,31). The minimum absolute atomic E-state index is 0.0912. The van der Waals surface area contributed by atoms with Gasteiger partial charge >= 0.3 is 0 Å². The second-order valence-corrected chi connectivity index (χ2v) is 8.75. The Hall–Kier alpha value is -3.42. The zero-order valence-corrected chi connectivity index (χ0v) is 19.5. The second-order valence-electron chi connectivity index (χ2n) is 7.23. The van der Waals surface area contributed by atoms with Crippen molar-refractivity contribution in [2.24, 2.45) is 0 Å². The normalized spacial score (nSPS) is 10.7. The van der Waals surface area contributed by atoms with Gasteiger partial charge in [0.25, 0.3) is 0 Å². The molecule has 168 valence electrons. The molecule has 0 spiro atoms. The van der Waals surface area contributed by atoms with E-state index in [-0.39, 0.29) is 24.8 Å². The number of fused-ring (bicyclic) bond motifs is 1. The number of carbonyl (C=O) groups is 2. The average Bonchev–Trinajstić information content (AvgIpc) is 3.20. The molecule has 3 aromatic carbocycles. The molecule has 0 aliphatic heterocycles. The SMILES string of the molecule is CCOc1ccc(NC(=O)CNC(=O)Cc2nc3cc(Cl)c(-c4ccccc4)cc3s2)cc1. The molecular formula is C25H22ClN3O3S. The van der Waals surface area contributed by atoms with E-state index in [1.165, 1.54) is 11.3 Å². The van der Waals surface area contributed by atoms with Gasteiger partial charge in [0.05, 0.1) is 34.8 Å². The molecule has 0 fully saturated rings. The summed E-state index contributed by atoms with van der Waals surface area (Å²) in [6, 6.07) is 20.8. The number of halogens is 1. The van der Waals surface area contributed by atoms with Crippen LogP contribution in [0.3, 0.4) is 0 Å². The second kappa shape index (κ2) is 10.5. The van der Waals surface area contributed by atoms with E-state index < -0.39 is 0 Å². The van der Waals surface area contributed by atoms with Crippen LogP contribution in [0.15, 0.2) is 66.7 Å². The Morgan fingerprint density at radius 3 is 2.52 bits per heavy atom. The molecule has 1 aromatic heterocycles. The van der Waals surface area contributed by atoms with Crippen LogP contribution in [0.25, 0.3) is 21.3 Å². The molecule has 4 rings (SSSR count). The van der Waals surface area contributed by atoms with Gasteiger partial charge in [0.15, 0.2) is 0 Å². The predicted octanol–water partition coefficient (Wildman–Crippen LogP) is 5.31. The van der Waals surface area contributed by atoms with Gasteiger partial charge in [-0.15, -0.1) is 11.3 Å². The highest BCUT2D eigenvalue weighted by atomic mass is 35.5. The first-order valence-corrected chi connectivity index (χ1v) is 11.6. The molecule has 4 aromatic rings. The minimum Gasteiger partial charge on any atom is -0.494 e. The van der Waals surface area contributed by atoms with Crippen LogP contribution in [0.5, 0.6) is 5.75 Å². The van der Waals surface area contributed by atoms with E-state index in [1.807, 2.05) is 49.4 Å². The van der Waals surface area contributed by atoms with Gasteiger partial charge in [-0.2, -0.15) is 0 Å². The summed E-state index contributed by atoms with van der Waals surface area (Å²) in [7, 11) is 0. The van der Waals surface area contributed by atoms with Crippen LogP contribution in [0.1, 0.15) is 11.9 Å². The molecule has 0 saturated heterocycles. The van der Waals surface area contributed by atoms with E-state index in [0.29, 0.717) is 22.3 Å². The molecule has 0 unspecified atom stereocenters. The van der Waals surface area contributed by atoms with Crippen LogP contribution < -0.4 is 15.4 Å².